The Kier molecular flexibility index (Phi) is 1.57. The third-order valence-corrected chi connectivity index (χ3v) is 2.22. The zero-order valence-electron chi connectivity index (χ0n) is 7.27. The van der Waals surface area contributed by atoms with Gasteiger partial charge in [0.05, 0.1) is 6.20 Å². The zero-order valence-corrected chi connectivity index (χ0v) is 7.27. The molecule has 0 bridgehead atoms. The fraction of sp³-hybridized carbons (Fsp3) is 0.429. The molecule has 0 amide bonds. The molecule has 14 heavy (non-hydrogen) atoms. The maximum Gasteiger partial charge on any atom is 0.280 e. The summed E-state index contributed by atoms with van der Waals surface area (Å²) in [5.41, 5.74) is 0.580. The van der Waals surface area contributed by atoms with E-state index in [9.17, 15) is 0 Å². The number of aromatic amines is 1. The third kappa shape index (κ3) is 1.10. The van der Waals surface area contributed by atoms with Crippen molar-refractivity contribution in [1.82, 2.24) is 30.9 Å². The monoisotopic (exact) mass is 192 g/mol. The van der Waals surface area contributed by atoms with Gasteiger partial charge in [0.15, 0.2) is 11.5 Å². The van der Waals surface area contributed by atoms with Gasteiger partial charge in [-0.1, -0.05) is 5.16 Å². The number of nitrogens with one attached hydrogen (secondary N) is 2. The van der Waals surface area contributed by atoms with Gasteiger partial charge in [-0.05, 0) is 0 Å². The van der Waals surface area contributed by atoms with Crippen LogP contribution in [0.15, 0.2) is 10.7 Å². The van der Waals surface area contributed by atoms with Crippen LogP contribution in [0.2, 0.25) is 0 Å². The van der Waals surface area contributed by atoms with Crippen LogP contribution in [0, 0.1) is 0 Å². The number of hydrogen-bond acceptors (Lipinski definition) is 6. The lowest BCUT2D eigenvalue weighted by atomic mass is 10.0. The molecule has 0 spiro atoms. The van der Waals surface area contributed by atoms with E-state index in [-0.39, 0.29) is 0 Å². The highest BCUT2D eigenvalue weighted by Crippen LogP contribution is 2.19. The van der Waals surface area contributed by atoms with Crippen molar-refractivity contribution in [2.45, 2.75) is 5.92 Å². The van der Waals surface area contributed by atoms with Crippen LogP contribution in [0.4, 0.5) is 0 Å². The first kappa shape index (κ1) is 7.63. The van der Waals surface area contributed by atoms with Gasteiger partial charge in [0.2, 0.25) is 0 Å². The fourth-order valence-corrected chi connectivity index (χ4v) is 1.28. The first-order chi connectivity index (χ1) is 6.93. The van der Waals surface area contributed by atoms with Crippen molar-refractivity contribution in [2.24, 2.45) is 0 Å². The predicted molar refractivity (Wildman–Crippen MR) is 45.3 cm³/mol. The van der Waals surface area contributed by atoms with Crippen molar-refractivity contribution in [3.8, 4) is 11.6 Å². The molecular weight excluding hydrogens is 184 g/mol. The second-order valence-electron chi connectivity index (χ2n) is 3.17. The molecule has 7 nitrogen and oxygen atoms in total. The number of hydrogen-bond donors (Lipinski definition) is 2. The van der Waals surface area contributed by atoms with Crippen LogP contribution >= 0.6 is 0 Å². The molecule has 2 aromatic rings. The summed E-state index contributed by atoms with van der Waals surface area (Å²) in [4.78, 5) is 4.23. The minimum Gasteiger partial charge on any atom is -0.332 e. The second kappa shape index (κ2) is 2.88. The minimum atomic E-state index is 0.374. The van der Waals surface area contributed by atoms with Crippen molar-refractivity contribution in [3.05, 3.63) is 12.0 Å². The average molecular weight is 192 g/mol. The number of H-pyrrole nitrogens is 1. The number of rotatable bonds is 2. The van der Waals surface area contributed by atoms with E-state index in [0.717, 1.165) is 18.9 Å². The molecule has 0 radical (unpaired) electrons. The third-order valence-electron chi connectivity index (χ3n) is 2.22. The average Bonchev–Trinajstić information content (AvgIpc) is 2.65. The van der Waals surface area contributed by atoms with E-state index in [4.69, 9.17) is 4.52 Å². The molecule has 3 rings (SSSR count). The van der Waals surface area contributed by atoms with Gasteiger partial charge in [-0.15, -0.1) is 0 Å². The van der Waals surface area contributed by atoms with E-state index in [0.29, 0.717) is 17.5 Å². The lowest BCUT2D eigenvalue weighted by Crippen LogP contribution is -2.40. The highest BCUT2D eigenvalue weighted by atomic mass is 16.5. The van der Waals surface area contributed by atoms with Gasteiger partial charge < -0.3 is 9.84 Å². The smallest absolute Gasteiger partial charge is 0.280 e. The Balaban J connectivity index is 1.90. The van der Waals surface area contributed by atoms with Crippen molar-refractivity contribution in [2.75, 3.05) is 13.1 Å². The van der Waals surface area contributed by atoms with Crippen LogP contribution in [0.3, 0.4) is 0 Å². The lowest BCUT2D eigenvalue weighted by molar-refractivity contribution is 0.382. The van der Waals surface area contributed by atoms with Crippen molar-refractivity contribution in [1.29, 1.82) is 0 Å². The van der Waals surface area contributed by atoms with Crippen molar-refractivity contribution >= 4 is 0 Å². The molecule has 0 unspecified atom stereocenters. The molecule has 0 atom stereocenters. The molecule has 0 aromatic carbocycles. The summed E-state index contributed by atoms with van der Waals surface area (Å²) in [6.07, 6.45) is 1.55. The Hall–Kier alpha value is -1.76. The maximum absolute atomic E-state index is 5.05. The quantitative estimate of drug-likeness (QED) is 0.669. The van der Waals surface area contributed by atoms with E-state index in [1.807, 2.05) is 0 Å². The Morgan fingerprint density at radius 1 is 1.43 bits per heavy atom. The molecule has 1 aliphatic rings. The number of aromatic nitrogens is 5. The Bertz CT molecular complexity index is 417. The lowest BCUT2D eigenvalue weighted by Gasteiger charge is -2.23. The minimum absolute atomic E-state index is 0.374. The van der Waals surface area contributed by atoms with Crippen LogP contribution in [-0.4, -0.2) is 38.6 Å². The summed E-state index contributed by atoms with van der Waals surface area (Å²) >= 11 is 0. The molecule has 2 N–H and O–H groups in total. The van der Waals surface area contributed by atoms with Gasteiger partial charge in [0, 0.05) is 19.0 Å². The molecular formula is C7H8N6O. The van der Waals surface area contributed by atoms with Crippen LogP contribution < -0.4 is 5.32 Å². The Labute approximate surface area is 78.9 Å². The summed E-state index contributed by atoms with van der Waals surface area (Å²) in [5.74, 6) is 1.53. The van der Waals surface area contributed by atoms with Crippen LogP contribution in [0.5, 0.6) is 0 Å². The molecule has 72 valence electrons. The molecule has 1 saturated heterocycles. The first-order valence-electron chi connectivity index (χ1n) is 4.34. The Morgan fingerprint density at radius 3 is 3.00 bits per heavy atom. The van der Waals surface area contributed by atoms with Crippen LogP contribution in [0.1, 0.15) is 11.7 Å². The van der Waals surface area contributed by atoms with E-state index in [2.05, 4.69) is 30.9 Å². The first-order valence-corrected chi connectivity index (χ1v) is 4.34. The SMILES string of the molecule is c1n[nH]nc1-c1nc(C2CNC2)no1. The molecule has 1 fully saturated rings. The fourth-order valence-electron chi connectivity index (χ4n) is 1.28. The molecule has 3 heterocycles. The molecule has 0 aliphatic carbocycles. The summed E-state index contributed by atoms with van der Waals surface area (Å²) in [6, 6.07) is 0. The predicted octanol–water partition coefficient (Wildman–Crippen LogP) is -0.459. The van der Waals surface area contributed by atoms with Crippen LogP contribution in [-0.2, 0) is 0 Å². The van der Waals surface area contributed by atoms with Crippen LogP contribution in [0.25, 0.3) is 11.6 Å². The highest BCUT2D eigenvalue weighted by molar-refractivity contribution is 5.43. The van der Waals surface area contributed by atoms with E-state index in [1.54, 1.807) is 6.20 Å². The zero-order chi connectivity index (χ0) is 9.38. The molecule has 2 aromatic heterocycles. The molecule has 0 saturated carbocycles. The van der Waals surface area contributed by atoms with Crippen molar-refractivity contribution in [3.63, 3.8) is 0 Å². The summed E-state index contributed by atoms with van der Waals surface area (Å²) in [5, 5.41) is 17.1. The van der Waals surface area contributed by atoms with E-state index < -0.39 is 0 Å². The molecule has 7 heteroatoms. The van der Waals surface area contributed by atoms with E-state index in [1.165, 1.54) is 0 Å². The van der Waals surface area contributed by atoms with Gasteiger partial charge in [-0.2, -0.15) is 20.4 Å². The maximum atomic E-state index is 5.05. The topological polar surface area (TPSA) is 92.5 Å². The second-order valence-corrected chi connectivity index (χ2v) is 3.17. The summed E-state index contributed by atoms with van der Waals surface area (Å²) < 4.78 is 5.05. The van der Waals surface area contributed by atoms with Gasteiger partial charge in [-0.25, -0.2) is 0 Å². The number of nitrogens with zero attached hydrogens (tertiary/aromatic N) is 4. The van der Waals surface area contributed by atoms with Gasteiger partial charge in [0.25, 0.3) is 5.89 Å². The Morgan fingerprint density at radius 2 is 2.36 bits per heavy atom. The summed E-state index contributed by atoms with van der Waals surface area (Å²) in [7, 11) is 0. The van der Waals surface area contributed by atoms with Crippen molar-refractivity contribution < 1.29 is 4.52 Å². The normalized spacial score (nSPS) is 16.9. The largest absolute Gasteiger partial charge is 0.332 e. The van der Waals surface area contributed by atoms with Gasteiger partial charge in [-0.3, -0.25) is 0 Å². The molecule has 1 aliphatic heterocycles. The standard InChI is InChI=1S/C7H8N6O/c1-4(2-8-1)6-10-7(14-12-6)5-3-9-13-11-5/h3-4,8H,1-2H2,(H,9,11,13). The van der Waals surface area contributed by atoms with Gasteiger partial charge in [0.1, 0.15) is 0 Å². The van der Waals surface area contributed by atoms with Gasteiger partial charge >= 0.3 is 0 Å². The summed E-state index contributed by atoms with van der Waals surface area (Å²) in [6.45, 7) is 1.83. The van der Waals surface area contributed by atoms with E-state index >= 15 is 0 Å². The highest BCUT2D eigenvalue weighted by Gasteiger charge is 2.24.